The van der Waals surface area contributed by atoms with Crippen LogP contribution >= 0.6 is 0 Å². The zero-order valence-corrected chi connectivity index (χ0v) is 31.2. The first-order chi connectivity index (χ1) is 26.6. The minimum absolute atomic E-state index is 0.144. The number of amides is 4. The highest BCUT2D eigenvalue weighted by molar-refractivity contribution is 6.22. The van der Waals surface area contributed by atoms with Crippen molar-refractivity contribution < 1.29 is 33.8 Å². The third-order valence-corrected chi connectivity index (χ3v) is 12.0. The largest absolute Gasteiger partial charge is 0.502 e. The van der Waals surface area contributed by atoms with Gasteiger partial charge in [0.05, 0.1) is 48.8 Å². The molecule has 10 heteroatoms. The van der Waals surface area contributed by atoms with Crippen LogP contribution in [-0.2, 0) is 31.0 Å². The highest BCUT2D eigenvalue weighted by atomic mass is 16.5. The number of aromatic hydroxyl groups is 1. The number of imide groups is 2. The molecule has 1 saturated carbocycles. The standard InChI is InChI=1S/C45H43N3O7/c1-5-27-13-18-31(19-14-27)47-41(50)33-21-20-32-34(39(33)43(47)52)25-36-42(51)48(46-30-16-11-26(2)12-17-30)44(53)45(36,29-9-7-6-8-10-29)35(32)22-15-28-23-37(54-3)40(49)38(24-28)55-4/h6-20,22-24,33-36,39,46,49H,5,21,25H2,1-4H3. The molecule has 8 rings (SSSR count). The molecular weight excluding hydrogens is 695 g/mol. The number of nitrogens with one attached hydrogen (secondary N) is 1. The number of aryl methyl sites for hydroxylation is 2. The Morgan fingerprint density at radius 3 is 2.16 bits per heavy atom. The van der Waals surface area contributed by atoms with E-state index in [9.17, 15) is 19.5 Å². The van der Waals surface area contributed by atoms with Crippen molar-refractivity contribution in [3.8, 4) is 17.2 Å². The van der Waals surface area contributed by atoms with Gasteiger partial charge in [-0.3, -0.25) is 29.5 Å². The number of benzene rings is 4. The third-order valence-electron chi connectivity index (χ3n) is 12.0. The predicted octanol–water partition coefficient (Wildman–Crippen LogP) is 7.02. The van der Waals surface area contributed by atoms with E-state index in [0.29, 0.717) is 28.9 Å². The molecule has 2 saturated heterocycles. The second kappa shape index (κ2) is 13.9. The first-order valence-electron chi connectivity index (χ1n) is 18.7. The van der Waals surface area contributed by atoms with Gasteiger partial charge in [0.25, 0.3) is 11.8 Å². The molecule has 55 heavy (non-hydrogen) atoms. The number of anilines is 2. The molecule has 0 aromatic heterocycles. The number of ether oxygens (including phenoxy) is 2. The van der Waals surface area contributed by atoms with Crippen molar-refractivity contribution in [1.29, 1.82) is 0 Å². The molecule has 0 spiro atoms. The van der Waals surface area contributed by atoms with Crippen molar-refractivity contribution in [2.24, 2.45) is 29.6 Å². The fourth-order valence-corrected chi connectivity index (χ4v) is 9.35. The predicted molar refractivity (Wildman–Crippen MR) is 208 cm³/mol. The monoisotopic (exact) mass is 737 g/mol. The lowest BCUT2D eigenvalue weighted by atomic mass is 9.50. The summed E-state index contributed by atoms with van der Waals surface area (Å²) in [6.45, 7) is 4.01. The molecule has 2 heterocycles. The third kappa shape index (κ3) is 5.61. The summed E-state index contributed by atoms with van der Waals surface area (Å²) in [5.41, 5.74) is 7.13. The van der Waals surface area contributed by atoms with E-state index in [2.05, 4.69) is 5.43 Å². The highest BCUT2D eigenvalue weighted by Gasteiger charge is 2.69. The van der Waals surface area contributed by atoms with Gasteiger partial charge < -0.3 is 14.6 Å². The van der Waals surface area contributed by atoms with Crippen LogP contribution in [0.1, 0.15) is 42.0 Å². The Morgan fingerprint density at radius 1 is 0.855 bits per heavy atom. The number of rotatable bonds is 9. The maximum Gasteiger partial charge on any atom is 0.260 e. The molecule has 4 amide bonds. The lowest BCUT2D eigenvalue weighted by molar-refractivity contribution is -0.139. The van der Waals surface area contributed by atoms with Crippen LogP contribution in [0.5, 0.6) is 17.2 Å². The van der Waals surface area contributed by atoms with Gasteiger partial charge in [-0.1, -0.05) is 90.9 Å². The van der Waals surface area contributed by atoms with E-state index in [-0.39, 0.29) is 35.5 Å². The molecule has 2 aliphatic heterocycles. The number of nitrogens with zero attached hydrogens (tertiary/aromatic N) is 2. The van der Waals surface area contributed by atoms with Gasteiger partial charge in [0.15, 0.2) is 11.5 Å². The second-order valence-electron chi connectivity index (χ2n) is 14.8. The maximum atomic E-state index is 15.3. The number of hydrogen-bond donors (Lipinski definition) is 2. The van der Waals surface area contributed by atoms with Crippen LogP contribution < -0.4 is 19.8 Å². The fourth-order valence-electron chi connectivity index (χ4n) is 9.35. The Kier molecular flexibility index (Phi) is 9.07. The normalized spacial score (nSPS) is 25.8. The van der Waals surface area contributed by atoms with E-state index < -0.39 is 46.8 Å². The number of carbonyl (C=O) groups excluding carboxylic acids is 4. The average Bonchev–Trinajstić information content (AvgIpc) is 3.59. The molecule has 4 aromatic rings. The molecule has 2 N–H and O–H groups in total. The van der Waals surface area contributed by atoms with E-state index >= 15 is 4.79 Å². The Bertz CT molecular complexity index is 2220. The molecule has 280 valence electrons. The summed E-state index contributed by atoms with van der Waals surface area (Å²) in [6.07, 6.45) is 7.14. The SMILES string of the molecule is CCc1ccc(N2C(=O)C3CC=C4C(CC5C(=O)N(Nc6ccc(C)cc6)C(=O)C5(c5ccccc5)C4C=Cc4cc(OC)c(O)c(OC)c4)C3C2=O)cc1. The summed E-state index contributed by atoms with van der Waals surface area (Å²) >= 11 is 0. The number of carbonyl (C=O) groups is 4. The summed E-state index contributed by atoms with van der Waals surface area (Å²) in [5, 5.41) is 11.8. The van der Waals surface area contributed by atoms with Crippen LogP contribution in [0.25, 0.3) is 6.08 Å². The Balaban J connectivity index is 1.29. The summed E-state index contributed by atoms with van der Waals surface area (Å²) in [5.74, 6) is -4.44. The van der Waals surface area contributed by atoms with Gasteiger partial charge in [-0.15, -0.1) is 0 Å². The summed E-state index contributed by atoms with van der Waals surface area (Å²) in [7, 11) is 2.90. The van der Waals surface area contributed by atoms with E-state index in [0.717, 1.165) is 28.1 Å². The lowest BCUT2D eigenvalue weighted by Crippen LogP contribution is -2.54. The van der Waals surface area contributed by atoms with Gasteiger partial charge in [-0.2, -0.15) is 5.01 Å². The fraction of sp³-hybridized carbons (Fsp3) is 0.289. The summed E-state index contributed by atoms with van der Waals surface area (Å²) in [4.78, 5) is 60.2. The maximum absolute atomic E-state index is 15.3. The number of phenols is 1. The highest BCUT2D eigenvalue weighted by Crippen LogP contribution is 2.61. The van der Waals surface area contributed by atoms with E-state index in [1.807, 2.05) is 111 Å². The van der Waals surface area contributed by atoms with E-state index in [1.165, 1.54) is 19.1 Å². The van der Waals surface area contributed by atoms with Gasteiger partial charge in [-0.05, 0) is 85.2 Å². The van der Waals surface area contributed by atoms with Crippen LogP contribution in [0.4, 0.5) is 11.4 Å². The van der Waals surface area contributed by atoms with Crippen molar-refractivity contribution in [3.63, 3.8) is 0 Å². The van der Waals surface area contributed by atoms with Crippen LogP contribution in [-0.4, -0.2) is 48.0 Å². The first-order valence-corrected chi connectivity index (χ1v) is 18.7. The Hall–Kier alpha value is -6.16. The van der Waals surface area contributed by atoms with E-state index in [1.54, 1.807) is 12.1 Å². The zero-order valence-electron chi connectivity index (χ0n) is 31.2. The van der Waals surface area contributed by atoms with Gasteiger partial charge in [0.2, 0.25) is 17.6 Å². The molecule has 4 aliphatic rings. The van der Waals surface area contributed by atoms with Crippen LogP contribution in [0, 0.1) is 36.5 Å². The molecule has 6 unspecified atom stereocenters. The molecule has 3 fully saturated rings. The first kappa shape index (κ1) is 35.8. The number of methoxy groups -OCH3 is 2. The van der Waals surface area contributed by atoms with Gasteiger partial charge in [0.1, 0.15) is 0 Å². The van der Waals surface area contributed by atoms with Gasteiger partial charge in [-0.25, -0.2) is 0 Å². The number of phenolic OH excluding ortho intramolecular Hbond substituents is 1. The number of hydrazine groups is 1. The van der Waals surface area contributed by atoms with Crippen LogP contribution in [0.3, 0.4) is 0 Å². The van der Waals surface area contributed by atoms with Crippen LogP contribution in [0.2, 0.25) is 0 Å². The Morgan fingerprint density at radius 2 is 1.53 bits per heavy atom. The topological polar surface area (TPSA) is 125 Å². The molecule has 0 radical (unpaired) electrons. The lowest BCUT2D eigenvalue weighted by Gasteiger charge is -2.49. The second-order valence-corrected chi connectivity index (χ2v) is 14.8. The molecular formula is C45H43N3O7. The molecule has 2 aliphatic carbocycles. The van der Waals surface area contributed by atoms with Crippen molar-refractivity contribution in [2.45, 2.75) is 38.5 Å². The Labute approximate surface area is 320 Å². The van der Waals surface area contributed by atoms with Crippen molar-refractivity contribution >= 4 is 41.1 Å². The van der Waals surface area contributed by atoms with E-state index in [4.69, 9.17) is 9.47 Å². The van der Waals surface area contributed by atoms with Gasteiger partial charge >= 0.3 is 0 Å². The molecule has 4 aromatic carbocycles. The molecule has 10 nitrogen and oxygen atoms in total. The molecule has 6 atom stereocenters. The van der Waals surface area contributed by atoms with Crippen LogP contribution in [0.15, 0.2) is 109 Å². The summed E-state index contributed by atoms with van der Waals surface area (Å²) in [6, 6.07) is 27.7. The quantitative estimate of drug-likeness (QED) is 0.139. The number of allylic oxidation sites excluding steroid dienone is 3. The number of hydrogen-bond acceptors (Lipinski definition) is 8. The minimum Gasteiger partial charge on any atom is -0.502 e. The van der Waals surface area contributed by atoms with Crippen molar-refractivity contribution in [1.82, 2.24) is 5.01 Å². The number of fused-ring (bicyclic) bond motifs is 4. The molecule has 0 bridgehead atoms. The van der Waals surface area contributed by atoms with Crippen molar-refractivity contribution in [3.05, 3.63) is 131 Å². The zero-order chi connectivity index (χ0) is 38.6. The van der Waals surface area contributed by atoms with Gasteiger partial charge in [0, 0.05) is 5.92 Å². The smallest absolute Gasteiger partial charge is 0.260 e. The average molecular weight is 738 g/mol. The minimum atomic E-state index is -1.39. The van der Waals surface area contributed by atoms with Crippen molar-refractivity contribution in [2.75, 3.05) is 24.5 Å². The summed E-state index contributed by atoms with van der Waals surface area (Å²) < 4.78 is 10.9.